The number of methoxy groups -OCH3 is 1. The molecule has 1 aromatic heterocycles. The molecule has 0 aliphatic carbocycles. The number of hydrogen-bond acceptors (Lipinski definition) is 5. The van der Waals surface area contributed by atoms with E-state index in [-0.39, 0.29) is 18.8 Å². The summed E-state index contributed by atoms with van der Waals surface area (Å²) < 4.78 is 10.9. The summed E-state index contributed by atoms with van der Waals surface area (Å²) in [5.41, 5.74) is -0.467. The van der Waals surface area contributed by atoms with E-state index in [9.17, 15) is 9.59 Å². The van der Waals surface area contributed by atoms with Gasteiger partial charge in [-0.05, 0) is 22.1 Å². The van der Waals surface area contributed by atoms with Crippen molar-refractivity contribution in [2.75, 3.05) is 20.3 Å². The van der Waals surface area contributed by atoms with Gasteiger partial charge < -0.3 is 15.2 Å². The first kappa shape index (κ1) is 13.8. The number of amides is 1. The number of benzene rings is 1. The number of carbonyl (C=O) groups excluding carboxylic acids is 1. The van der Waals surface area contributed by atoms with Crippen molar-refractivity contribution in [2.24, 2.45) is 0 Å². The van der Waals surface area contributed by atoms with E-state index < -0.39 is 11.5 Å². The first-order valence-corrected chi connectivity index (χ1v) is 5.84. The molecule has 0 unspecified atom stereocenters. The maximum Gasteiger partial charge on any atom is 0.441 e. The number of aromatic nitrogens is 2. The molecule has 0 saturated heterocycles. The molecular weight excluding hydrogens is 266 g/mol. The van der Waals surface area contributed by atoms with Crippen molar-refractivity contribution in [3.63, 3.8) is 0 Å². The van der Waals surface area contributed by atoms with Crippen molar-refractivity contribution in [1.29, 1.82) is 0 Å². The topological polar surface area (TPSA) is 108 Å². The van der Waals surface area contributed by atoms with Gasteiger partial charge in [0.1, 0.15) is 5.75 Å². The van der Waals surface area contributed by atoms with Gasteiger partial charge in [0.05, 0.1) is 13.7 Å². The summed E-state index contributed by atoms with van der Waals surface area (Å²) >= 11 is 0. The van der Waals surface area contributed by atoms with Gasteiger partial charge in [-0.2, -0.15) is 0 Å². The highest BCUT2D eigenvalue weighted by molar-refractivity contribution is 5.90. The third-order valence-corrected chi connectivity index (χ3v) is 2.59. The van der Waals surface area contributed by atoms with E-state index in [1.165, 1.54) is 11.8 Å². The molecule has 0 atom stereocenters. The summed E-state index contributed by atoms with van der Waals surface area (Å²) in [6.45, 7) is -0.171. The van der Waals surface area contributed by atoms with E-state index in [0.717, 1.165) is 0 Å². The van der Waals surface area contributed by atoms with Gasteiger partial charge in [0, 0.05) is 18.7 Å². The minimum atomic E-state index is -0.795. The number of rotatable bonds is 5. The fourth-order valence-corrected chi connectivity index (χ4v) is 1.63. The number of aliphatic hydroxyl groups is 1. The van der Waals surface area contributed by atoms with Crippen LogP contribution in [0.4, 0.5) is 0 Å². The molecular formula is C12H14N3O5+. The molecule has 0 aliphatic rings. The highest BCUT2D eigenvalue weighted by atomic mass is 16.5. The maximum absolute atomic E-state index is 11.9. The van der Waals surface area contributed by atoms with Gasteiger partial charge in [0.15, 0.2) is 0 Å². The van der Waals surface area contributed by atoms with E-state index in [1.54, 1.807) is 24.3 Å². The molecule has 0 radical (unpaired) electrons. The zero-order valence-corrected chi connectivity index (χ0v) is 10.8. The van der Waals surface area contributed by atoms with Crippen LogP contribution in [0.3, 0.4) is 0 Å². The minimum absolute atomic E-state index is 0.0477. The predicted octanol–water partition coefficient (Wildman–Crippen LogP) is -1.02. The van der Waals surface area contributed by atoms with Gasteiger partial charge in [0.2, 0.25) is 5.69 Å². The fraction of sp³-hybridized carbons (Fsp3) is 0.250. The van der Waals surface area contributed by atoms with Gasteiger partial charge >= 0.3 is 17.2 Å². The summed E-state index contributed by atoms with van der Waals surface area (Å²) in [5, 5.41) is 13.4. The Balaban J connectivity index is 2.37. The van der Waals surface area contributed by atoms with Crippen molar-refractivity contribution < 1.29 is 23.8 Å². The average Bonchev–Trinajstić information content (AvgIpc) is 2.86. The SMILES string of the molecule is COc1ccc(-[n+]2[nH]oc(=O)c2C(=O)NCCO)cc1. The van der Waals surface area contributed by atoms with Gasteiger partial charge in [-0.1, -0.05) is 0 Å². The van der Waals surface area contributed by atoms with Crippen LogP contribution in [0.5, 0.6) is 5.75 Å². The van der Waals surface area contributed by atoms with E-state index in [1.807, 2.05) is 0 Å². The highest BCUT2D eigenvalue weighted by Crippen LogP contribution is 2.10. The Morgan fingerprint density at radius 1 is 1.45 bits per heavy atom. The summed E-state index contributed by atoms with van der Waals surface area (Å²) in [5.74, 6) is 0.0105. The minimum Gasteiger partial charge on any atom is -0.497 e. The second kappa shape index (κ2) is 6.02. The third kappa shape index (κ3) is 2.69. The highest BCUT2D eigenvalue weighted by Gasteiger charge is 2.30. The first-order valence-electron chi connectivity index (χ1n) is 5.84. The van der Waals surface area contributed by atoms with Crippen molar-refractivity contribution in [2.45, 2.75) is 0 Å². The van der Waals surface area contributed by atoms with Gasteiger partial charge in [0.25, 0.3) is 0 Å². The number of nitrogens with zero attached hydrogens (tertiary/aromatic N) is 1. The fourth-order valence-electron chi connectivity index (χ4n) is 1.63. The number of H-pyrrole nitrogens is 1. The molecule has 8 heteroatoms. The van der Waals surface area contributed by atoms with Crippen LogP contribution in [0.1, 0.15) is 10.5 Å². The van der Waals surface area contributed by atoms with Crippen LogP contribution >= 0.6 is 0 Å². The van der Waals surface area contributed by atoms with Crippen molar-refractivity contribution >= 4 is 5.91 Å². The van der Waals surface area contributed by atoms with Gasteiger partial charge in [-0.3, -0.25) is 9.32 Å². The molecule has 0 bridgehead atoms. The number of ether oxygens (including phenoxy) is 1. The standard InChI is InChI=1S/C12H13N3O5/c1-19-9-4-2-8(3-5-9)15-10(12(18)20-14-15)11(17)13-6-7-16/h2-5,16H,6-7H2,1H3,(H-,13,14,17,18)/p+1. The van der Waals surface area contributed by atoms with E-state index in [4.69, 9.17) is 9.84 Å². The maximum atomic E-state index is 11.9. The van der Waals surface area contributed by atoms with Crippen LogP contribution < -0.4 is 20.4 Å². The van der Waals surface area contributed by atoms with Crippen molar-refractivity contribution in [3.8, 4) is 11.4 Å². The molecule has 1 aromatic carbocycles. The van der Waals surface area contributed by atoms with Crippen LogP contribution in [0.25, 0.3) is 5.69 Å². The van der Waals surface area contributed by atoms with E-state index in [2.05, 4.69) is 15.1 Å². The smallest absolute Gasteiger partial charge is 0.441 e. The Hall–Kier alpha value is -2.61. The van der Waals surface area contributed by atoms with Crippen molar-refractivity contribution in [1.82, 2.24) is 10.6 Å². The normalized spacial score (nSPS) is 10.3. The lowest BCUT2D eigenvalue weighted by Crippen LogP contribution is -2.45. The molecule has 0 aliphatic heterocycles. The summed E-state index contributed by atoms with van der Waals surface area (Å²) in [6.07, 6.45) is 0. The van der Waals surface area contributed by atoms with Crippen LogP contribution in [0.15, 0.2) is 33.6 Å². The van der Waals surface area contributed by atoms with Crippen LogP contribution in [-0.2, 0) is 0 Å². The molecule has 1 amide bonds. The van der Waals surface area contributed by atoms with E-state index in [0.29, 0.717) is 11.4 Å². The molecule has 20 heavy (non-hydrogen) atoms. The second-order valence-corrected chi connectivity index (χ2v) is 3.84. The largest absolute Gasteiger partial charge is 0.497 e. The monoisotopic (exact) mass is 280 g/mol. The summed E-state index contributed by atoms with van der Waals surface area (Å²) in [4.78, 5) is 23.4. The third-order valence-electron chi connectivity index (χ3n) is 2.59. The van der Waals surface area contributed by atoms with Crippen molar-refractivity contribution in [3.05, 3.63) is 40.4 Å². The van der Waals surface area contributed by atoms with Crippen LogP contribution in [-0.4, -0.2) is 36.5 Å². The Labute approximate surface area is 113 Å². The van der Waals surface area contributed by atoms with Gasteiger partial charge in [-0.15, -0.1) is 0 Å². The molecule has 106 valence electrons. The Morgan fingerprint density at radius 3 is 2.75 bits per heavy atom. The lowest BCUT2D eigenvalue weighted by Gasteiger charge is -1.99. The lowest BCUT2D eigenvalue weighted by atomic mass is 10.3. The quantitative estimate of drug-likeness (QED) is 0.607. The van der Waals surface area contributed by atoms with E-state index >= 15 is 0 Å². The average molecular weight is 280 g/mol. The number of aromatic amines is 1. The zero-order chi connectivity index (χ0) is 14.5. The molecule has 0 saturated carbocycles. The summed E-state index contributed by atoms with van der Waals surface area (Å²) in [6, 6.07) is 6.69. The number of aliphatic hydroxyl groups excluding tert-OH is 1. The Morgan fingerprint density at radius 2 is 2.15 bits per heavy atom. The van der Waals surface area contributed by atoms with Crippen LogP contribution in [0.2, 0.25) is 0 Å². The number of carbonyl (C=O) groups is 1. The molecule has 0 fully saturated rings. The first-order chi connectivity index (χ1) is 9.67. The Bertz CT molecular complexity index is 644. The second-order valence-electron chi connectivity index (χ2n) is 3.84. The molecule has 1 heterocycles. The summed E-state index contributed by atoms with van der Waals surface area (Å²) in [7, 11) is 1.54. The predicted molar refractivity (Wildman–Crippen MR) is 66.8 cm³/mol. The number of nitrogens with one attached hydrogen (secondary N) is 2. The Kier molecular flexibility index (Phi) is 4.16. The molecule has 8 nitrogen and oxygen atoms in total. The molecule has 3 N–H and O–H groups in total. The molecule has 0 spiro atoms. The molecule has 2 rings (SSSR count). The zero-order valence-electron chi connectivity index (χ0n) is 10.8. The molecule has 2 aromatic rings. The number of hydrogen-bond donors (Lipinski definition) is 3. The van der Waals surface area contributed by atoms with Gasteiger partial charge in [-0.25, -0.2) is 4.79 Å². The van der Waals surface area contributed by atoms with Crippen LogP contribution in [0, 0.1) is 0 Å². The lowest BCUT2D eigenvalue weighted by molar-refractivity contribution is -0.672.